The van der Waals surface area contributed by atoms with E-state index >= 15 is 0 Å². The second kappa shape index (κ2) is 5.23. The maximum absolute atomic E-state index is 12.1. The Kier molecular flexibility index (Phi) is 3.60. The molecule has 0 radical (unpaired) electrons. The number of rotatable bonds is 3. The van der Waals surface area contributed by atoms with Gasteiger partial charge in [-0.1, -0.05) is 18.2 Å². The van der Waals surface area contributed by atoms with E-state index in [2.05, 4.69) is 5.32 Å². The first-order valence-corrected chi connectivity index (χ1v) is 8.45. The van der Waals surface area contributed by atoms with Crippen LogP contribution in [0, 0.1) is 5.92 Å². The zero-order valence-electron chi connectivity index (χ0n) is 10.8. The van der Waals surface area contributed by atoms with E-state index in [1.54, 1.807) is 12.1 Å². The fourth-order valence-electron chi connectivity index (χ4n) is 2.88. The molecule has 4 nitrogen and oxygen atoms in total. The van der Waals surface area contributed by atoms with E-state index in [1.807, 2.05) is 12.1 Å². The van der Waals surface area contributed by atoms with E-state index in [4.69, 9.17) is 4.74 Å². The first-order valence-electron chi connectivity index (χ1n) is 6.79. The molecule has 1 fully saturated rings. The van der Waals surface area contributed by atoms with Gasteiger partial charge < -0.3 is 10.1 Å². The molecule has 1 saturated heterocycles. The molecule has 0 aliphatic carbocycles. The van der Waals surface area contributed by atoms with Crippen molar-refractivity contribution in [1.82, 2.24) is 5.32 Å². The Labute approximate surface area is 114 Å². The summed E-state index contributed by atoms with van der Waals surface area (Å²) in [4.78, 5) is 0.500. The summed E-state index contributed by atoms with van der Waals surface area (Å²) < 4.78 is 29.4. The number of nitrogens with one attached hydrogen (secondary N) is 1. The van der Waals surface area contributed by atoms with Crippen LogP contribution in [0.1, 0.15) is 24.4 Å². The molecular formula is C14H19NO3S. The molecule has 1 aromatic rings. The van der Waals surface area contributed by atoms with Crippen molar-refractivity contribution in [2.75, 3.05) is 25.5 Å². The molecule has 0 spiro atoms. The highest BCUT2D eigenvalue weighted by Gasteiger charge is 2.34. The van der Waals surface area contributed by atoms with E-state index in [1.165, 1.54) is 0 Å². The Balaban J connectivity index is 1.70. The zero-order chi connectivity index (χ0) is 13.3. The molecule has 1 atom stereocenters. The lowest BCUT2D eigenvalue weighted by Crippen LogP contribution is -2.31. The third-order valence-electron chi connectivity index (χ3n) is 4.01. The van der Waals surface area contributed by atoms with Crippen molar-refractivity contribution < 1.29 is 13.2 Å². The Morgan fingerprint density at radius 1 is 1.21 bits per heavy atom. The van der Waals surface area contributed by atoms with Gasteiger partial charge in [-0.05, 0) is 36.9 Å². The van der Waals surface area contributed by atoms with Crippen LogP contribution in [0.3, 0.4) is 0 Å². The van der Waals surface area contributed by atoms with Gasteiger partial charge in [0.05, 0.1) is 10.6 Å². The number of benzene rings is 1. The lowest BCUT2D eigenvalue weighted by atomic mass is 9.99. The number of hydrogen-bond acceptors (Lipinski definition) is 4. The van der Waals surface area contributed by atoms with Gasteiger partial charge in [-0.3, -0.25) is 0 Å². The quantitative estimate of drug-likeness (QED) is 0.913. The van der Waals surface area contributed by atoms with E-state index < -0.39 is 9.84 Å². The molecule has 5 heteroatoms. The van der Waals surface area contributed by atoms with Gasteiger partial charge in [0.15, 0.2) is 9.84 Å². The molecule has 104 valence electrons. The van der Waals surface area contributed by atoms with Crippen molar-refractivity contribution in [2.24, 2.45) is 5.92 Å². The molecule has 0 aromatic heterocycles. The van der Waals surface area contributed by atoms with Crippen LogP contribution in [-0.2, 0) is 14.6 Å². The maximum atomic E-state index is 12.1. The minimum Gasteiger partial charge on any atom is -0.381 e. The molecule has 3 rings (SSSR count). The monoisotopic (exact) mass is 281 g/mol. The molecule has 2 heterocycles. The standard InChI is InChI=1S/C14H19NO3S/c16-19(17)10-13(12-3-1-2-4-14(12)19)15-9-11-5-7-18-8-6-11/h1-4,11,13,15H,5-10H2. The summed E-state index contributed by atoms with van der Waals surface area (Å²) in [5.41, 5.74) is 0.926. The molecule has 1 aromatic carbocycles. The van der Waals surface area contributed by atoms with Gasteiger partial charge in [0.1, 0.15) is 0 Å². The molecule has 1 unspecified atom stereocenters. The smallest absolute Gasteiger partial charge is 0.180 e. The van der Waals surface area contributed by atoms with Crippen molar-refractivity contribution in [3.63, 3.8) is 0 Å². The van der Waals surface area contributed by atoms with E-state index in [9.17, 15) is 8.42 Å². The van der Waals surface area contributed by atoms with Gasteiger partial charge >= 0.3 is 0 Å². The molecule has 0 amide bonds. The van der Waals surface area contributed by atoms with Crippen LogP contribution in [0.15, 0.2) is 29.2 Å². The summed E-state index contributed by atoms with van der Waals surface area (Å²) in [7, 11) is -3.09. The van der Waals surface area contributed by atoms with Gasteiger partial charge in [-0.15, -0.1) is 0 Å². The Morgan fingerprint density at radius 2 is 1.95 bits per heavy atom. The van der Waals surface area contributed by atoms with Gasteiger partial charge in [-0.25, -0.2) is 8.42 Å². The van der Waals surface area contributed by atoms with E-state index in [-0.39, 0.29) is 11.8 Å². The van der Waals surface area contributed by atoms with Crippen LogP contribution < -0.4 is 5.32 Å². The first kappa shape index (κ1) is 13.1. The molecule has 0 saturated carbocycles. The summed E-state index contributed by atoms with van der Waals surface area (Å²) >= 11 is 0. The predicted molar refractivity (Wildman–Crippen MR) is 72.8 cm³/mol. The first-order chi connectivity index (χ1) is 9.17. The number of sulfone groups is 1. The van der Waals surface area contributed by atoms with Crippen LogP contribution in [0.5, 0.6) is 0 Å². The molecule has 19 heavy (non-hydrogen) atoms. The second-order valence-corrected chi connectivity index (χ2v) is 7.34. The highest BCUT2D eigenvalue weighted by Crippen LogP contribution is 2.33. The minimum atomic E-state index is -3.09. The van der Waals surface area contributed by atoms with Crippen molar-refractivity contribution >= 4 is 9.84 Å². The third kappa shape index (κ3) is 2.68. The SMILES string of the molecule is O=S1(=O)CC(NCC2CCOCC2)c2ccccc21. The number of ether oxygens (including phenoxy) is 1. The average molecular weight is 281 g/mol. The van der Waals surface area contributed by atoms with Gasteiger partial charge in [0.2, 0.25) is 0 Å². The van der Waals surface area contributed by atoms with E-state index in [0.29, 0.717) is 10.8 Å². The molecule has 1 N–H and O–H groups in total. The van der Waals surface area contributed by atoms with Crippen LogP contribution >= 0.6 is 0 Å². The lowest BCUT2D eigenvalue weighted by Gasteiger charge is -2.24. The fraction of sp³-hybridized carbons (Fsp3) is 0.571. The van der Waals surface area contributed by atoms with Gasteiger partial charge in [0.25, 0.3) is 0 Å². The van der Waals surface area contributed by atoms with Crippen molar-refractivity contribution in [3.05, 3.63) is 29.8 Å². The summed E-state index contributed by atoms with van der Waals surface area (Å²) in [5.74, 6) is 0.791. The van der Waals surface area contributed by atoms with Crippen molar-refractivity contribution in [3.8, 4) is 0 Å². The Bertz CT molecular complexity index is 550. The van der Waals surface area contributed by atoms with Crippen LogP contribution in [0.2, 0.25) is 0 Å². The largest absolute Gasteiger partial charge is 0.381 e. The number of hydrogen-bond donors (Lipinski definition) is 1. The summed E-state index contributed by atoms with van der Waals surface area (Å²) in [6.45, 7) is 2.52. The highest BCUT2D eigenvalue weighted by atomic mass is 32.2. The number of fused-ring (bicyclic) bond motifs is 1. The second-order valence-electron chi connectivity index (χ2n) is 5.34. The Hall–Kier alpha value is -0.910. The maximum Gasteiger partial charge on any atom is 0.180 e. The van der Waals surface area contributed by atoms with Gasteiger partial charge in [-0.2, -0.15) is 0 Å². The lowest BCUT2D eigenvalue weighted by molar-refractivity contribution is 0.0656. The normalized spacial score (nSPS) is 26.2. The third-order valence-corrected chi connectivity index (χ3v) is 5.82. The van der Waals surface area contributed by atoms with Gasteiger partial charge in [0, 0.05) is 19.3 Å². The molecule has 2 aliphatic rings. The van der Waals surface area contributed by atoms with Crippen LogP contribution in [-0.4, -0.2) is 33.9 Å². The highest BCUT2D eigenvalue weighted by molar-refractivity contribution is 7.91. The zero-order valence-corrected chi connectivity index (χ0v) is 11.7. The molecule has 0 bridgehead atoms. The molecular weight excluding hydrogens is 262 g/mol. The topological polar surface area (TPSA) is 55.4 Å². The van der Waals surface area contributed by atoms with E-state index in [0.717, 1.165) is 38.2 Å². The fourth-order valence-corrected chi connectivity index (χ4v) is 4.65. The summed E-state index contributed by atoms with van der Waals surface area (Å²) in [6.07, 6.45) is 2.13. The summed E-state index contributed by atoms with van der Waals surface area (Å²) in [5, 5.41) is 3.43. The minimum absolute atomic E-state index is 0.0518. The van der Waals surface area contributed by atoms with Crippen LogP contribution in [0.4, 0.5) is 0 Å². The van der Waals surface area contributed by atoms with Crippen molar-refractivity contribution in [1.29, 1.82) is 0 Å². The predicted octanol–water partition coefficient (Wildman–Crippen LogP) is 1.53. The van der Waals surface area contributed by atoms with Crippen LogP contribution in [0.25, 0.3) is 0 Å². The summed E-state index contributed by atoms with van der Waals surface area (Å²) in [6, 6.07) is 7.27. The van der Waals surface area contributed by atoms with Crippen molar-refractivity contribution in [2.45, 2.75) is 23.8 Å². The molecule has 2 aliphatic heterocycles. The average Bonchev–Trinajstić information content (AvgIpc) is 2.70. The Morgan fingerprint density at radius 3 is 2.74 bits per heavy atom.